The minimum atomic E-state index is -2.52. The van der Waals surface area contributed by atoms with E-state index >= 15 is 0 Å². The van der Waals surface area contributed by atoms with Crippen LogP contribution in [0.4, 0.5) is 13.2 Å². The summed E-state index contributed by atoms with van der Waals surface area (Å²) >= 11 is 0. The molecule has 5 heteroatoms. The number of methoxy groups -OCH3 is 1. The van der Waals surface area contributed by atoms with Crippen molar-refractivity contribution in [1.29, 1.82) is 0 Å². The number of halogens is 3. The van der Waals surface area contributed by atoms with Crippen molar-refractivity contribution in [3.63, 3.8) is 0 Å². The summed E-state index contributed by atoms with van der Waals surface area (Å²) in [5, 5.41) is 0. The number of rotatable bonds is 4. The molecule has 84 valence electrons. The van der Waals surface area contributed by atoms with E-state index in [1.54, 1.807) is 0 Å². The van der Waals surface area contributed by atoms with Gasteiger partial charge in [-0.3, -0.25) is 0 Å². The summed E-state index contributed by atoms with van der Waals surface area (Å²) in [5.41, 5.74) is 5.78. The van der Waals surface area contributed by atoms with Gasteiger partial charge in [-0.1, -0.05) is 0 Å². The van der Waals surface area contributed by atoms with Gasteiger partial charge >= 0.3 is 0 Å². The Balaban J connectivity index is 2.94. The molecular formula is C10H12F3NO. The highest BCUT2D eigenvalue weighted by Crippen LogP contribution is 2.27. The first-order valence-corrected chi connectivity index (χ1v) is 4.41. The number of nitrogens with two attached hydrogens (primary N) is 1. The molecule has 0 bridgehead atoms. The van der Waals surface area contributed by atoms with Gasteiger partial charge in [0.05, 0.1) is 7.11 Å². The van der Waals surface area contributed by atoms with Gasteiger partial charge in [0.15, 0.2) is 0 Å². The van der Waals surface area contributed by atoms with Crippen LogP contribution >= 0.6 is 0 Å². The van der Waals surface area contributed by atoms with Crippen LogP contribution in [0.2, 0.25) is 0 Å². The van der Waals surface area contributed by atoms with Crippen LogP contribution in [0.5, 0.6) is 5.75 Å². The van der Waals surface area contributed by atoms with E-state index in [2.05, 4.69) is 0 Å². The summed E-state index contributed by atoms with van der Waals surface area (Å²) in [6, 6.07) is 2.76. The monoisotopic (exact) mass is 219 g/mol. The molecule has 0 radical (unpaired) electrons. The van der Waals surface area contributed by atoms with Crippen LogP contribution in [0, 0.1) is 5.82 Å². The fraction of sp³-hybridized carbons (Fsp3) is 0.400. The van der Waals surface area contributed by atoms with Crippen molar-refractivity contribution in [3.8, 4) is 5.75 Å². The average Bonchev–Trinajstić information content (AvgIpc) is 2.16. The first kappa shape index (κ1) is 11.8. The predicted octanol–water partition coefficient (Wildman–Crippen LogP) is 2.49. The third-order valence-corrected chi connectivity index (χ3v) is 2.02. The maximum atomic E-state index is 12.9. The summed E-state index contributed by atoms with van der Waals surface area (Å²) < 4.78 is 42.0. The second-order valence-corrected chi connectivity index (χ2v) is 3.12. The van der Waals surface area contributed by atoms with Crippen molar-refractivity contribution >= 4 is 0 Å². The van der Waals surface area contributed by atoms with Gasteiger partial charge in [0.2, 0.25) is 6.43 Å². The lowest BCUT2D eigenvalue weighted by molar-refractivity contribution is 0.128. The summed E-state index contributed by atoms with van der Waals surface area (Å²) in [4.78, 5) is 0. The van der Waals surface area contributed by atoms with Crippen molar-refractivity contribution in [3.05, 3.63) is 29.6 Å². The van der Waals surface area contributed by atoms with Gasteiger partial charge in [0.25, 0.3) is 0 Å². The second-order valence-electron chi connectivity index (χ2n) is 3.12. The Kier molecular flexibility index (Phi) is 3.96. The minimum absolute atomic E-state index is 0.262. The predicted molar refractivity (Wildman–Crippen MR) is 50.5 cm³/mol. The summed E-state index contributed by atoms with van der Waals surface area (Å²) in [6.45, 7) is 0. The standard InChI is InChI=1S/C10H12F3NO/c1-15-9-3-2-6(11)4-7(9)8(14)5-10(12)13/h2-4,8,10H,5,14H2,1H3/t8-/m0/s1. The molecule has 0 fully saturated rings. The first-order chi connectivity index (χ1) is 7.04. The van der Waals surface area contributed by atoms with Crippen molar-refractivity contribution in [2.45, 2.75) is 18.9 Å². The molecule has 1 atom stereocenters. The summed E-state index contributed by atoms with van der Waals surface area (Å²) in [6.07, 6.45) is -3.03. The van der Waals surface area contributed by atoms with Crippen LogP contribution in [-0.2, 0) is 0 Å². The van der Waals surface area contributed by atoms with Gasteiger partial charge in [0, 0.05) is 18.0 Å². The normalized spacial score (nSPS) is 12.9. The van der Waals surface area contributed by atoms with E-state index in [-0.39, 0.29) is 5.56 Å². The van der Waals surface area contributed by atoms with Gasteiger partial charge in [-0.2, -0.15) is 0 Å². The molecule has 2 N–H and O–H groups in total. The largest absolute Gasteiger partial charge is 0.496 e. The first-order valence-electron chi connectivity index (χ1n) is 4.41. The Hall–Kier alpha value is -1.23. The van der Waals surface area contributed by atoms with Crippen LogP contribution in [0.15, 0.2) is 18.2 Å². The molecule has 0 saturated heterocycles. The van der Waals surface area contributed by atoms with Crippen molar-refractivity contribution in [2.24, 2.45) is 5.73 Å². The minimum Gasteiger partial charge on any atom is -0.496 e. The van der Waals surface area contributed by atoms with E-state index in [1.807, 2.05) is 0 Å². The lowest BCUT2D eigenvalue weighted by Gasteiger charge is -2.15. The molecule has 2 nitrogen and oxygen atoms in total. The van der Waals surface area contributed by atoms with E-state index in [4.69, 9.17) is 10.5 Å². The Morgan fingerprint density at radius 2 is 2.07 bits per heavy atom. The quantitative estimate of drug-likeness (QED) is 0.844. The second kappa shape index (κ2) is 5.02. The van der Waals surface area contributed by atoms with Gasteiger partial charge in [-0.15, -0.1) is 0 Å². The van der Waals surface area contributed by atoms with E-state index in [9.17, 15) is 13.2 Å². The highest BCUT2D eigenvalue weighted by atomic mass is 19.3. The molecule has 0 unspecified atom stereocenters. The zero-order valence-corrected chi connectivity index (χ0v) is 8.21. The highest BCUT2D eigenvalue weighted by Gasteiger charge is 2.17. The molecular weight excluding hydrogens is 207 g/mol. The number of benzene rings is 1. The number of ether oxygens (including phenoxy) is 1. The third-order valence-electron chi connectivity index (χ3n) is 2.02. The molecule has 1 aromatic carbocycles. The van der Waals surface area contributed by atoms with Crippen LogP contribution in [0.3, 0.4) is 0 Å². The molecule has 0 saturated carbocycles. The van der Waals surface area contributed by atoms with Crippen molar-refractivity contribution in [1.82, 2.24) is 0 Å². The maximum absolute atomic E-state index is 12.9. The van der Waals surface area contributed by atoms with Crippen LogP contribution in [0.25, 0.3) is 0 Å². The molecule has 0 aromatic heterocycles. The fourth-order valence-corrected chi connectivity index (χ4v) is 1.31. The zero-order valence-electron chi connectivity index (χ0n) is 8.21. The van der Waals surface area contributed by atoms with E-state index < -0.39 is 24.7 Å². The summed E-state index contributed by atoms with van der Waals surface area (Å²) in [5.74, 6) is -0.194. The van der Waals surface area contributed by atoms with Gasteiger partial charge < -0.3 is 10.5 Å². The Morgan fingerprint density at radius 3 is 2.60 bits per heavy atom. The molecule has 1 rings (SSSR count). The number of hydrogen-bond donors (Lipinski definition) is 1. The molecule has 0 spiro atoms. The SMILES string of the molecule is COc1ccc(F)cc1[C@@H](N)CC(F)F. The average molecular weight is 219 g/mol. The van der Waals surface area contributed by atoms with Gasteiger partial charge in [-0.05, 0) is 18.2 Å². The Labute approximate surface area is 85.8 Å². The van der Waals surface area contributed by atoms with Gasteiger partial charge in [-0.25, -0.2) is 13.2 Å². The lowest BCUT2D eigenvalue weighted by atomic mass is 10.0. The van der Waals surface area contributed by atoms with Gasteiger partial charge in [0.1, 0.15) is 11.6 Å². The third kappa shape index (κ3) is 3.13. The van der Waals surface area contributed by atoms with Crippen molar-refractivity contribution in [2.75, 3.05) is 7.11 Å². The molecule has 1 aromatic rings. The topological polar surface area (TPSA) is 35.2 Å². The van der Waals surface area contributed by atoms with E-state index in [0.717, 1.165) is 6.07 Å². The molecule has 15 heavy (non-hydrogen) atoms. The number of alkyl halides is 2. The van der Waals surface area contributed by atoms with Crippen LogP contribution in [-0.4, -0.2) is 13.5 Å². The van der Waals surface area contributed by atoms with Crippen molar-refractivity contribution < 1.29 is 17.9 Å². The number of hydrogen-bond acceptors (Lipinski definition) is 2. The molecule has 0 aliphatic carbocycles. The highest BCUT2D eigenvalue weighted by molar-refractivity contribution is 5.36. The molecule has 0 aliphatic rings. The summed E-state index contributed by atoms with van der Waals surface area (Å²) in [7, 11) is 1.38. The molecule has 0 aliphatic heterocycles. The van der Waals surface area contributed by atoms with Crippen LogP contribution < -0.4 is 10.5 Å². The fourth-order valence-electron chi connectivity index (χ4n) is 1.31. The van der Waals surface area contributed by atoms with E-state index in [1.165, 1.54) is 19.2 Å². The molecule has 0 heterocycles. The van der Waals surface area contributed by atoms with E-state index in [0.29, 0.717) is 5.75 Å². The van der Waals surface area contributed by atoms with Crippen LogP contribution in [0.1, 0.15) is 18.0 Å². The smallest absolute Gasteiger partial charge is 0.240 e. The Bertz CT molecular complexity index is 330. The Morgan fingerprint density at radius 1 is 1.40 bits per heavy atom. The lowest BCUT2D eigenvalue weighted by Crippen LogP contribution is -2.15. The molecule has 0 amide bonds. The zero-order chi connectivity index (χ0) is 11.4. The maximum Gasteiger partial charge on any atom is 0.240 e.